The molecular formula is C10H18O5S. The van der Waals surface area contributed by atoms with Crippen LogP contribution in [0.15, 0.2) is 0 Å². The highest BCUT2D eigenvalue weighted by molar-refractivity contribution is 7.86. The van der Waals surface area contributed by atoms with E-state index in [9.17, 15) is 13.2 Å². The van der Waals surface area contributed by atoms with Gasteiger partial charge in [-0.2, -0.15) is 8.42 Å². The standard InChI is InChI=1S/C10H18O5S/c1-3-14-10(11)7-8-5-4-6-9(8)15-16(2,12)13/h8-9H,3-7H2,1-2H3. The molecule has 0 heterocycles. The van der Waals surface area contributed by atoms with Crippen LogP contribution >= 0.6 is 0 Å². The molecule has 5 nitrogen and oxygen atoms in total. The first-order chi connectivity index (χ1) is 7.42. The molecule has 0 radical (unpaired) electrons. The summed E-state index contributed by atoms with van der Waals surface area (Å²) in [5.74, 6) is -0.315. The van der Waals surface area contributed by atoms with Gasteiger partial charge in [-0.05, 0) is 25.7 Å². The largest absolute Gasteiger partial charge is 0.466 e. The topological polar surface area (TPSA) is 69.7 Å². The van der Waals surface area contributed by atoms with Gasteiger partial charge in [0.05, 0.1) is 25.4 Å². The van der Waals surface area contributed by atoms with Gasteiger partial charge in [-0.25, -0.2) is 0 Å². The predicted octanol–water partition coefficient (Wildman–Crippen LogP) is 1.08. The van der Waals surface area contributed by atoms with E-state index in [1.165, 1.54) is 0 Å². The van der Waals surface area contributed by atoms with Crippen LogP contribution in [0.5, 0.6) is 0 Å². The Hall–Kier alpha value is -0.620. The first kappa shape index (κ1) is 13.4. The summed E-state index contributed by atoms with van der Waals surface area (Å²) in [6.45, 7) is 2.10. The Kier molecular flexibility index (Phi) is 4.73. The minimum absolute atomic E-state index is 0.0335. The third-order valence-electron chi connectivity index (χ3n) is 2.62. The van der Waals surface area contributed by atoms with Crippen molar-refractivity contribution >= 4 is 16.1 Å². The molecule has 0 saturated heterocycles. The van der Waals surface area contributed by atoms with Crippen molar-refractivity contribution in [1.29, 1.82) is 0 Å². The molecule has 0 spiro atoms. The summed E-state index contributed by atoms with van der Waals surface area (Å²) in [6, 6.07) is 0. The third-order valence-corrected chi connectivity index (χ3v) is 3.22. The van der Waals surface area contributed by atoms with Crippen LogP contribution < -0.4 is 0 Å². The molecule has 6 heteroatoms. The van der Waals surface area contributed by atoms with Crippen molar-refractivity contribution in [3.63, 3.8) is 0 Å². The second kappa shape index (κ2) is 5.63. The van der Waals surface area contributed by atoms with Crippen molar-refractivity contribution in [2.45, 2.75) is 38.7 Å². The van der Waals surface area contributed by atoms with Gasteiger partial charge in [0.15, 0.2) is 0 Å². The van der Waals surface area contributed by atoms with E-state index in [1.807, 2.05) is 0 Å². The molecule has 0 aliphatic heterocycles. The molecule has 0 aromatic carbocycles. The Bertz CT molecular complexity index is 335. The normalized spacial score (nSPS) is 25.6. The highest BCUT2D eigenvalue weighted by Gasteiger charge is 2.32. The van der Waals surface area contributed by atoms with Crippen LogP contribution in [-0.4, -0.2) is 33.4 Å². The summed E-state index contributed by atoms with van der Waals surface area (Å²) in [4.78, 5) is 11.3. The van der Waals surface area contributed by atoms with E-state index in [0.29, 0.717) is 13.0 Å². The fourth-order valence-electron chi connectivity index (χ4n) is 2.02. The van der Waals surface area contributed by atoms with Crippen LogP contribution in [0.25, 0.3) is 0 Å². The number of carbonyl (C=O) groups is 1. The van der Waals surface area contributed by atoms with E-state index in [-0.39, 0.29) is 24.4 Å². The molecule has 2 atom stereocenters. The van der Waals surface area contributed by atoms with Crippen molar-refractivity contribution in [2.24, 2.45) is 5.92 Å². The molecule has 1 aliphatic carbocycles. The highest BCUT2D eigenvalue weighted by atomic mass is 32.2. The zero-order valence-electron chi connectivity index (χ0n) is 9.64. The van der Waals surface area contributed by atoms with Crippen LogP contribution in [0.1, 0.15) is 32.6 Å². The Labute approximate surface area is 96.2 Å². The summed E-state index contributed by atoms with van der Waals surface area (Å²) in [7, 11) is -3.44. The molecule has 0 amide bonds. The Morgan fingerprint density at radius 2 is 2.06 bits per heavy atom. The van der Waals surface area contributed by atoms with E-state index in [2.05, 4.69) is 0 Å². The molecule has 16 heavy (non-hydrogen) atoms. The van der Waals surface area contributed by atoms with Crippen molar-refractivity contribution < 1.29 is 22.1 Å². The van der Waals surface area contributed by atoms with Gasteiger partial charge in [-0.15, -0.1) is 0 Å². The number of rotatable bonds is 5. The second-order valence-electron chi connectivity index (χ2n) is 4.04. The molecule has 1 saturated carbocycles. The van der Waals surface area contributed by atoms with Crippen molar-refractivity contribution in [3.05, 3.63) is 0 Å². The molecular weight excluding hydrogens is 232 g/mol. The zero-order valence-corrected chi connectivity index (χ0v) is 10.5. The lowest BCUT2D eigenvalue weighted by Crippen LogP contribution is -2.24. The van der Waals surface area contributed by atoms with E-state index in [0.717, 1.165) is 19.1 Å². The number of hydrogen-bond donors (Lipinski definition) is 0. The van der Waals surface area contributed by atoms with E-state index in [4.69, 9.17) is 8.92 Å². The molecule has 0 bridgehead atoms. The fraction of sp³-hybridized carbons (Fsp3) is 0.900. The first-order valence-corrected chi connectivity index (χ1v) is 7.28. The van der Waals surface area contributed by atoms with Crippen LogP contribution in [0.2, 0.25) is 0 Å². The fourth-order valence-corrected chi connectivity index (χ4v) is 2.72. The second-order valence-corrected chi connectivity index (χ2v) is 5.64. The smallest absolute Gasteiger partial charge is 0.306 e. The molecule has 94 valence electrons. The Balaban J connectivity index is 2.49. The lowest BCUT2D eigenvalue weighted by molar-refractivity contribution is -0.144. The van der Waals surface area contributed by atoms with Crippen molar-refractivity contribution in [2.75, 3.05) is 12.9 Å². The van der Waals surface area contributed by atoms with Crippen molar-refractivity contribution in [3.8, 4) is 0 Å². The quantitative estimate of drug-likeness (QED) is 0.539. The third kappa shape index (κ3) is 4.49. The zero-order chi connectivity index (χ0) is 12.2. The molecule has 0 aromatic heterocycles. The summed E-state index contributed by atoms with van der Waals surface area (Å²) in [5.41, 5.74) is 0. The predicted molar refractivity (Wildman–Crippen MR) is 58.3 cm³/mol. The molecule has 0 aromatic rings. The van der Waals surface area contributed by atoms with E-state index >= 15 is 0 Å². The van der Waals surface area contributed by atoms with E-state index in [1.54, 1.807) is 6.92 Å². The van der Waals surface area contributed by atoms with E-state index < -0.39 is 10.1 Å². The van der Waals surface area contributed by atoms with Crippen LogP contribution in [0, 0.1) is 5.92 Å². The first-order valence-electron chi connectivity index (χ1n) is 5.46. The molecule has 0 N–H and O–H groups in total. The number of carbonyl (C=O) groups excluding carboxylic acids is 1. The Morgan fingerprint density at radius 3 is 2.62 bits per heavy atom. The maximum absolute atomic E-state index is 11.3. The maximum atomic E-state index is 11.3. The highest BCUT2D eigenvalue weighted by Crippen LogP contribution is 2.31. The summed E-state index contributed by atoms with van der Waals surface area (Å²) in [5, 5.41) is 0. The molecule has 1 aliphatic rings. The van der Waals surface area contributed by atoms with Crippen molar-refractivity contribution in [1.82, 2.24) is 0 Å². The molecule has 1 fully saturated rings. The minimum Gasteiger partial charge on any atom is -0.466 e. The van der Waals surface area contributed by atoms with Crippen LogP contribution in [0.4, 0.5) is 0 Å². The van der Waals surface area contributed by atoms with Gasteiger partial charge >= 0.3 is 5.97 Å². The lowest BCUT2D eigenvalue weighted by atomic mass is 10.0. The summed E-state index contributed by atoms with van der Waals surface area (Å²) < 4.78 is 31.8. The lowest BCUT2D eigenvalue weighted by Gasteiger charge is -2.17. The average molecular weight is 250 g/mol. The van der Waals surface area contributed by atoms with Gasteiger partial charge < -0.3 is 4.74 Å². The van der Waals surface area contributed by atoms with Gasteiger partial charge in [0.1, 0.15) is 0 Å². The van der Waals surface area contributed by atoms with Gasteiger partial charge in [0.2, 0.25) is 0 Å². The number of esters is 1. The van der Waals surface area contributed by atoms with Gasteiger partial charge in [-0.3, -0.25) is 8.98 Å². The van der Waals surface area contributed by atoms with Crippen LogP contribution in [0.3, 0.4) is 0 Å². The number of hydrogen-bond acceptors (Lipinski definition) is 5. The minimum atomic E-state index is -3.44. The SMILES string of the molecule is CCOC(=O)CC1CCCC1OS(C)(=O)=O. The van der Waals surface area contributed by atoms with Crippen LogP contribution in [-0.2, 0) is 23.8 Å². The summed E-state index contributed by atoms with van der Waals surface area (Å²) >= 11 is 0. The van der Waals surface area contributed by atoms with Gasteiger partial charge in [0, 0.05) is 0 Å². The maximum Gasteiger partial charge on any atom is 0.306 e. The monoisotopic (exact) mass is 250 g/mol. The summed E-state index contributed by atoms with van der Waals surface area (Å²) in [6.07, 6.45) is 3.32. The van der Waals surface area contributed by atoms with Gasteiger partial charge in [-0.1, -0.05) is 6.42 Å². The Morgan fingerprint density at radius 1 is 1.38 bits per heavy atom. The molecule has 2 unspecified atom stereocenters. The number of ether oxygens (including phenoxy) is 1. The molecule has 1 rings (SSSR count). The van der Waals surface area contributed by atoms with Gasteiger partial charge in [0.25, 0.3) is 10.1 Å². The average Bonchev–Trinajstić information content (AvgIpc) is 2.50.